The molecule has 1 radical (unpaired) electrons. The zero-order valence-corrected chi connectivity index (χ0v) is 25.9. The van der Waals surface area contributed by atoms with Crippen molar-refractivity contribution in [3.63, 3.8) is 0 Å². The zero-order valence-electron chi connectivity index (χ0n) is 23.1. The SMILES string of the molecule is C=CC(CCC)(CCC)C1CCCCC1N(C)Cc1nc2ccccc2n1[NH-].CC.CN.[CH3-].[Y]. The van der Waals surface area contributed by atoms with E-state index in [1.165, 1.54) is 63.1 Å². The van der Waals surface area contributed by atoms with Crippen molar-refractivity contribution in [2.24, 2.45) is 17.1 Å². The molecule has 3 rings (SSSR count). The third-order valence-corrected chi connectivity index (χ3v) is 6.89. The Kier molecular flexibility index (Phi) is 19.3. The first-order valence-electron chi connectivity index (χ1n) is 12.7. The monoisotopic (exact) mass is 546 g/mol. The van der Waals surface area contributed by atoms with Crippen LogP contribution in [0.25, 0.3) is 16.9 Å². The zero-order chi connectivity index (χ0) is 24.1. The van der Waals surface area contributed by atoms with E-state index in [0.29, 0.717) is 12.0 Å². The molecule has 0 amide bonds. The van der Waals surface area contributed by atoms with Gasteiger partial charge in [-0.2, -0.15) is 0 Å². The van der Waals surface area contributed by atoms with Gasteiger partial charge in [-0.3, -0.25) is 4.90 Å². The molecular formula is C28H51N5Y-2. The minimum atomic E-state index is 0. The Morgan fingerprint density at radius 1 is 1.15 bits per heavy atom. The topological polar surface area (TPSA) is 70.9 Å². The largest absolute Gasteiger partial charge is 0.630 e. The van der Waals surface area contributed by atoms with E-state index in [0.717, 1.165) is 23.4 Å². The van der Waals surface area contributed by atoms with Crippen LogP contribution in [-0.4, -0.2) is 34.7 Å². The summed E-state index contributed by atoms with van der Waals surface area (Å²) in [5.41, 5.74) is 6.55. The number of nitrogens with zero attached hydrogens (tertiary/aromatic N) is 3. The van der Waals surface area contributed by atoms with Crippen LogP contribution in [0, 0.1) is 18.8 Å². The van der Waals surface area contributed by atoms with Crippen LogP contribution >= 0.6 is 0 Å². The van der Waals surface area contributed by atoms with Gasteiger partial charge in [0.15, 0.2) is 0 Å². The molecule has 2 unspecified atom stereocenters. The van der Waals surface area contributed by atoms with Gasteiger partial charge in [-0.1, -0.05) is 71.6 Å². The molecule has 0 saturated heterocycles. The smallest absolute Gasteiger partial charge is 0.110 e. The molecule has 1 saturated carbocycles. The average molecular weight is 547 g/mol. The van der Waals surface area contributed by atoms with E-state index in [9.17, 15) is 0 Å². The minimum Gasteiger partial charge on any atom is -0.630 e. The Labute approximate surface area is 236 Å². The molecule has 2 atom stereocenters. The van der Waals surface area contributed by atoms with Crippen molar-refractivity contribution in [1.29, 1.82) is 0 Å². The molecule has 3 N–H and O–H groups in total. The maximum Gasteiger partial charge on any atom is 0.110 e. The Bertz CT molecular complexity index is 782. The van der Waals surface area contributed by atoms with Gasteiger partial charge in [0.1, 0.15) is 5.82 Å². The second-order valence-electron chi connectivity index (χ2n) is 8.66. The molecule has 1 fully saturated rings. The predicted molar refractivity (Wildman–Crippen MR) is 147 cm³/mol. The number of para-hydroxylation sites is 2. The van der Waals surface area contributed by atoms with Crippen LogP contribution in [0.15, 0.2) is 36.9 Å². The predicted octanol–water partition coefficient (Wildman–Crippen LogP) is 7.66. The first kappa shape index (κ1) is 35.4. The number of hydrogen-bond donors (Lipinski definition) is 1. The summed E-state index contributed by atoms with van der Waals surface area (Å²) in [6, 6.07) is 8.48. The molecule has 0 spiro atoms. The van der Waals surface area contributed by atoms with Gasteiger partial charge in [0, 0.05) is 38.8 Å². The number of aromatic nitrogens is 2. The number of rotatable bonds is 9. The van der Waals surface area contributed by atoms with Crippen molar-refractivity contribution >= 4 is 11.0 Å². The summed E-state index contributed by atoms with van der Waals surface area (Å²) in [6.07, 6.45) is 12.3. The van der Waals surface area contributed by atoms with Crippen LogP contribution < -0.4 is 5.73 Å². The molecule has 0 aliphatic heterocycles. The van der Waals surface area contributed by atoms with Crippen LogP contribution in [-0.2, 0) is 39.3 Å². The fraction of sp³-hybridized carbons (Fsp3) is 0.643. The molecule has 0 bridgehead atoms. The van der Waals surface area contributed by atoms with E-state index >= 15 is 0 Å². The Morgan fingerprint density at radius 3 is 2.24 bits per heavy atom. The Balaban J connectivity index is 0. The molecule has 1 heterocycles. The second-order valence-corrected chi connectivity index (χ2v) is 8.66. The summed E-state index contributed by atoms with van der Waals surface area (Å²) in [7, 11) is 3.73. The summed E-state index contributed by atoms with van der Waals surface area (Å²) in [6.45, 7) is 13.6. The summed E-state index contributed by atoms with van der Waals surface area (Å²) in [5.74, 6) is 9.96. The molecule has 6 heteroatoms. The van der Waals surface area contributed by atoms with Gasteiger partial charge in [0.2, 0.25) is 0 Å². The molecule has 34 heavy (non-hydrogen) atoms. The first-order chi connectivity index (χ1) is 15.6. The number of hydrogen-bond acceptors (Lipinski definition) is 3. The van der Waals surface area contributed by atoms with E-state index in [1.54, 1.807) is 0 Å². The quantitative estimate of drug-likeness (QED) is 0.259. The minimum absolute atomic E-state index is 0. The van der Waals surface area contributed by atoms with E-state index in [1.807, 2.05) is 38.1 Å². The molecule has 1 aromatic heterocycles. The Hall–Kier alpha value is -0.746. The second kappa shape index (κ2) is 18.5. The van der Waals surface area contributed by atoms with E-state index in [4.69, 9.17) is 10.8 Å². The van der Waals surface area contributed by atoms with Crippen molar-refractivity contribution in [2.45, 2.75) is 91.6 Å². The maximum atomic E-state index is 8.48. The number of fused-ring (bicyclic) bond motifs is 1. The molecule has 2 aromatic rings. The van der Waals surface area contributed by atoms with Gasteiger partial charge in [-0.15, -0.1) is 6.58 Å². The van der Waals surface area contributed by atoms with Gasteiger partial charge in [-0.25, -0.2) is 4.98 Å². The summed E-state index contributed by atoms with van der Waals surface area (Å²) < 4.78 is 1.52. The van der Waals surface area contributed by atoms with E-state index < -0.39 is 0 Å². The van der Waals surface area contributed by atoms with Crippen LogP contribution in [0.4, 0.5) is 0 Å². The van der Waals surface area contributed by atoms with Crippen molar-refractivity contribution in [3.05, 3.63) is 56.0 Å². The molecule has 193 valence electrons. The Morgan fingerprint density at radius 2 is 1.71 bits per heavy atom. The number of imidazole rings is 1. The fourth-order valence-electron chi connectivity index (χ4n) is 5.61. The maximum absolute atomic E-state index is 8.48. The standard InChI is InChI=1S/C24H37N4.C2H6.CH5N.CH3.Y/c1-5-16-24(7-3,17-6-2)19-12-8-10-14-21(19)27(4)18-23-26-20-13-9-11-15-22(20)28(23)25;2*1-2;;/h7,9,11,13,15,19,21,25H,3,5-6,8,10,12,14,16-18H2,1-2,4H3;1-2H3;2H2,1H3;1H3;/q-1;;;-1;. The molecule has 1 aliphatic carbocycles. The van der Waals surface area contributed by atoms with Crippen LogP contribution in [0.1, 0.15) is 84.9 Å². The number of benzene rings is 1. The van der Waals surface area contributed by atoms with Gasteiger partial charge < -0.3 is 23.7 Å². The number of allylic oxidation sites excluding steroid dienone is 1. The van der Waals surface area contributed by atoms with Crippen molar-refractivity contribution in [1.82, 2.24) is 14.6 Å². The van der Waals surface area contributed by atoms with Gasteiger partial charge in [-0.05, 0) is 63.2 Å². The van der Waals surface area contributed by atoms with Crippen LogP contribution in [0.5, 0.6) is 0 Å². The number of nitrogens with two attached hydrogens (primary N) is 1. The van der Waals surface area contributed by atoms with Crippen molar-refractivity contribution < 1.29 is 32.7 Å². The van der Waals surface area contributed by atoms with Crippen molar-refractivity contribution in [3.8, 4) is 0 Å². The van der Waals surface area contributed by atoms with E-state index in [2.05, 4.69) is 44.2 Å². The summed E-state index contributed by atoms with van der Waals surface area (Å²) >= 11 is 0. The average Bonchev–Trinajstić information content (AvgIpc) is 3.16. The molecule has 5 nitrogen and oxygen atoms in total. The van der Waals surface area contributed by atoms with Gasteiger partial charge in [0.05, 0.1) is 17.6 Å². The van der Waals surface area contributed by atoms with E-state index in [-0.39, 0.29) is 45.6 Å². The van der Waals surface area contributed by atoms with Crippen molar-refractivity contribution in [2.75, 3.05) is 14.1 Å². The van der Waals surface area contributed by atoms with Crippen LogP contribution in [0.2, 0.25) is 0 Å². The van der Waals surface area contributed by atoms with Gasteiger partial charge in [0.25, 0.3) is 0 Å². The third-order valence-electron chi connectivity index (χ3n) is 6.89. The van der Waals surface area contributed by atoms with Gasteiger partial charge >= 0.3 is 0 Å². The third kappa shape index (κ3) is 8.43. The molecular weight excluding hydrogens is 495 g/mol. The summed E-state index contributed by atoms with van der Waals surface area (Å²) in [4.78, 5) is 7.21. The normalized spacial score (nSPS) is 17.4. The first-order valence-corrected chi connectivity index (χ1v) is 12.7. The molecule has 1 aliphatic rings. The molecule has 1 aromatic carbocycles. The fourth-order valence-corrected chi connectivity index (χ4v) is 5.61. The van der Waals surface area contributed by atoms with Crippen LogP contribution in [0.3, 0.4) is 0 Å². The summed E-state index contributed by atoms with van der Waals surface area (Å²) in [5, 5.41) is 0. The number of nitrogens with one attached hydrogen (secondary N) is 1.